The fourth-order valence-electron chi connectivity index (χ4n) is 5.79. The largest absolute Gasteiger partial charge is 0.497 e. The Balaban J connectivity index is 1.32. The predicted octanol–water partition coefficient (Wildman–Crippen LogP) is 6.86. The molecule has 4 aromatic carbocycles. The Bertz CT molecular complexity index is 1420. The van der Waals surface area contributed by atoms with E-state index in [4.69, 9.17) is 14.2 Å². The van der Waals surface area contributed by atoms with E-state index in [1.54, 1.807) is 7.11 Å². The van der Waals surface area contributed by atoms with E-state index < -0.39 is 0 Å². The summed E-state index contributed by atoms with van der Waals surface area (Å²) in [6.45, 7) is 1.81. The number of methoxy groups -OCH3 is 1. The van der Waals surface area contributed by atoms with Gasteiger partial charge >= 0.3 is 0 Å². The number of rotatable bonds is 8. The summed E-state index contributed by atoms with van der Waals surface area (Å²) in [6, 6.07) is 32.8. The molecule has 4 aromatic rings. The van der Waals surface area contributed by atoms with E-state index in [2.05, 4.69) is 53.4 Å². The number of fused-ring (bicyclic) bond motifs is 3. The first-order valence-electron chi connectivity index (χ1n) is 13.6. The van der Waals surface area contributed by atoms with Gasteiger partial charge in [0, 0.05) is 31.5 Å². The zero-order chi connectivity index (χ0) is 26.6. The fourth-order valence-corrected chi connectivity index (χ4v) is 5.79. The average molecular weight is 520 g/mol. The SMILES string of the molecule is COc1ccc([C@@H]2CC(=O)C[C@H]3c4cc(OCc5ccccc5)c(OCc5ccccc5)cc4CCN23)cc1. The van der Waals surface area contributed by atoms with E-state index in [0.717, 1.165) is 46.9 Å². The maximum Gasteiger partial charge on any atom is 0.162 e. The second-order valence-corrected chi connectivity index (χ2v) is 10.3. The number of carbonyl (C=O) groups excluding carboxylic acids is 1. The quantitative estimate of drug-likeness (QED) is 0.255. The topological polar surface area (TPSA) is 48.0 Å². The van der Waals surface area contributed by atoms with Gasteiger partial charge in [0.05, 0.1) is 7.11 Å². The maximum atomic E-state index is 13.0. The molecule has 5 nitrogen and oxygen atoms in total. The molecule has 1 fully saturated rings. The molecule has 1 saturated heterocycles. The van der Waals surface area contributed by atoms with Gasteiger partial charge in [-0.3, -0.25) is 9.69 Å². The van der Waals surface area contributed by atoms with Crippen LogP contribution in [0.1, 0.15) is 52.7 Å². The van der Waals surface area contributed by atoms with Crippen molar-refractivity contribution in [2.24, 2.45) is 0 Å². The smallest absolute Gasteiger partial charge is 0.162 e. The van der Waals surface area contributed by atoms with Gasteiger partial charge in [0.1, 0.15) is 24.7 Å². The van der Waals surface area contributed by atoms with Crippen molar-refractivity contribution in [1.82, 2.24) is 4.90 Å². The zero-order valence-corrected chi connectivity index (χ0v) is 22.2. The molecule has 5 heteroatoms. The van der Waals surface area contributed by atoms with Crippen LogP contribution in [-0.4, -0.2) is 24.3 Å². The first-order chi connectivity index (χ1) is 19.2. The van der Waals surface area contributed by atoms with Crippen LogP contribution in [0.2, 0.25) is 0 Å². The minimum Gasteiger partial charge on any atom is -0.497 e. The summed E-state index contributed by atoms with van der Waals surface area (Å²) in [7, 11) is 1.67. The number of hydrogen-bond donors (Lipinski definition) is 0. The molecule has 0 N–H and O–H groups in total. The van der Waals surface area contributed by atoms with Gasteiger partial charge in [-0.25, -0.2) is 0 Å². The highest BCUT2D eigenvalue weighted by atomic mass is 16.5. The van der Waals surface area contributed by atoms with Crippen molar-refractivity contribution in [2.45, 2.75) is 44.6 Å². The van der Waals surface area contributed by atoms with Crippen LogP contribution in [0.15, 0.2) is 97.1 Å². The van der Waals surface area contributed by atoms with Gasteiger partial charge in [-0.1, -0.05) is 72.8 Å². The van der Waals surface area contributed by atoms with Crippen molar-refractivity contribution >= 4 is 5.78 Å². The van der Waals surface area contributed by atoms with Gasteiger partial charge in [-0.05, 0) is 58.5 Å². The van der Waals surface area contributed by atoms with E-state index in [9.17, 15) is 4.79 Å². The summed E-state index contributed by atoms with van der Waals surface area (Å²) in [5, 5.41) is 0. The van der Waals surface area contributed by atoms with E-state index in [-0.39, 0.29) is 12.1 Å². The lowest BCUT2D eigenvalue weighted by atomic mass is 9.81. The fraction of sp³-hybridized carbons (Fsp3) is 0.265. The van der Waals surface area contributed by atoms with Crippen molar-refractivity contribution in [3.05, 3.63) is 125 Å². The molecule has 0 saturated carbocycles. The lowest BCUT2D eigenvalue weighted by molar-refractivity contribution is -0.126. The number of piperidine rings is 1. The number of carbonyl (C=O) groups is 1. The summed E-state index contributed by atoms with van der Waals surface area (Å²) < 4.78 is 18.1. The molecule has 39 heavy (non-hydrogen) atoms. The lowest BCUT2D eigenvalue weighted by Gasteiger charge is -2.45. The number of nitrogens with zero attached hydrogens (tertiary/aromatic N) is 1. The molecule has 2 atom stereocenters. The second-order valence-electron chi connectivity index (χ2n) is 10.3. The Hall–Kier alpha value is -4.09. The lowest BCUT2D eigenvalue weighted by Crippen LogP contribution is -2.43. The van der Waals surface area contributed by atoms with Gasteiger partial charge in [-0.15, -0.1) is 0 Å². The van der Waals surface area contributed by atoms with Crippen LogP contribution in [0.5, 0.6) is 17.2 Å². The Morgan fingerprint density at radius 3 is 1.95 bits per heavy atom. The highest BCUT2D eigenvalue weighted by Gasteiger charge is 2.40. The molecular formula is C34H33NO4. The van der Waals surface area contributed by atoms with Crippen LogP contribution in [0.3, 0.4) is 0 Å². The van der Waals surface area contributed by atoms with E-state index in [0.29, 0.717) is 31.8 Å². The summed E-state index contributed by atoms with van der Waals surface area (Å²) in [4.78, 5) is 15.5. The molecule has 0 spiro atoms. The highest BCUT2D eigenvalue weighted by Crippen LogP contribution is 2.46. The van der Waals surface area contributed by atoms with Crippen LogP contribution in [0, 0.1) is 0 Å². The third-order valence-corrected chi connectivity index (χ3v) is 7.82. The van der Waals surface area contributed by atoms with E-state index in [1.165, 1.54) is 11.1 Å². The van der Waals surface area contributed by atoms with E-state index in [1.807, 2.05) is 48.5 Å². The summed E-state index contributed by atoms with van der Waals surface area (Å²) in [6.07, 6.45) is 1.95. The summed E-state index contributed by atoms with van der Waals surface area (Å²) in [5.41, 5.74) is 5.76. The molecule has 0 unspecified atom stereocenters. The molecule has 0 aromatic heterocycles. The molecule has 0 aliphatic carbocycles. The Morgan fingerprint density at radius 2 is 1.33 bits per heavy atom. The first-order valence-corrected chi connectivity index (χ1v) is 13.6. The van der Waals surface area contributed by atoms with Crippen LogP contribution < -0.4 is 14.2 Å². The normalized spacial score (nSPS) is 18.6. The predicted molar refractivity (Wildman–Crippen MR) is 151 cm³/mol. The molecule has 2 aliphatic heterocycles. The second kappa shape index (κ2) is 11.3. The molecular weight excluding hydrogens is 486 g/mol. The van der Waals surface area contributed by atoms with Crippen LogP contribution >= 0.6 is 0 Å². The van der Waals surface area contributed by atoms with Gasteiger partial charge in [-0.2, -0.15) is 0 Å². The van der Waals surface area contributed by atoms with Crippen LogP contribution in [0.4, 0.5) is 0 Å². The van der Waals surface area contributed by atoms with Crippen LogP contribution in [-0.2, 0) is 24.4 Å². The maximum absolute atomic E-state index is 13.0. The van der Waals surface area contributed by atoms with Gasteiger partial charge in [0.2, 0.25) is 0 Å². The number of Topliss-reactive ketones (excluding diaryl/α,β-unsaturated/α-hetero) is 1. The number of hydrogen-bond acceptors (Lipinski definition) is 5. The van der Waals surface area contributed by atoms with Gasteiger partial charge in [0.15, 0.2) is 11.5 Å². The minimum atomic E-state index is 0.0179. The molecule has 6 rings (SSSR count). The molecule has 2 heterocycles. The summed E-state index contributed by atoms with van der Waals surface area (Å²) >= 11 is 0. The standard InChI is InChI=1S/C34H33NO4/c1-37-29-14-12-26(13-15-29)31-19-28(36)20-32-30-21-34(39-23-25-10-6-3-7-11-25)33(18-27(30)16-17-35(31)32)38-22-24-8-4-2-5-9-24/h2-15,18,21,31-32H,16-17,19-20,22-23H2,1H3/t31-,32-/m0/s1. The number of benzene rings is 4. The Morgan fingerprint density at radius 1 is 0.744 bits per heavy atom. The Labute approximate surface area is 230 Å². The monoisotopic (exact) mass is 519 g/mol. The van der Waals surface area contributed by atoms with Crippen molar-refractivity contribution in [1.29, 1.82) is 0 Å². The molecule has 0 amide bonds. The average Bonchev–Trinajstić information content (AvgIpc) is 2.99. The zero-order valence-electron chi connectivity index (χ0n) is 22.2. The molecule has 198 valence electrons. The molecule has 2 aliphatic rings. The van der Waals surface area contributed by atoms with Crippen LogP contribution in [0.25, 0.3) is 0 Å². The van der Waals surface area contributed by atoms with Crippen molar-refractivity contribution < 1.29 is 19.0 Å². The molecule has 0 radical (unpaired) electrons. The van der Waals surface area contributed by atoms with Crippen molar-refractivity contribution in [3.63, 3.8) is 0 Å². The third kappa shape index (κ3) is 5.55. The highest BCUT2D eigenvalue weighted by molar-refractivity contribution is 5.81. The molecule has 0 bridgehead atoms. The number of ether oxygens (including phenoxy) is 3. The van der Waals surface area contributed by atoms with Gasteiger partial charge < -0.3 is 14.2 Å². The summed E-state index contributed by atoms with van der Waals surface area (Å²) in [5.74, 6) is 2.58. The Kier molecular flexibility index (Phi) is 7.33. The van der Waals surface area contributed by atoms with E-state index >= 15 is 0 Å². The number of ketones is 1. The first kappa shape index (κ1) is 25.2. The van der Waals surface area contributed by atoms with Crippen molar-refractivity contribution in [2.75, 3.05) is 13.7 Å². The minimum absolute atomic E-state index is 0.0179. The van der Waals surface area contributed by atoms with Gasteiger partial charge in [0.25, 0.3) is 0 Å². The third-order valence-electron chi connectivity index (χ3n) is 7.82. The van der Waals surface area contributed by atoms with Crippen molar-refractivity contribution in [3.8, 4) is 17.2 Å².